The highest BCUT2D eigenvalue weighted by molar-refractivity contribution is 5.46. The first kappa shape index (κ1) is 19.5. The third kappa shape index (κ3) is 5.38. The normalized spacial score (nSPS) is 15.4. The molecule has 148 valence electrons. The molecule has 1 saturated heterocycles. The number of benzene rings is 1. The Kier molecular flexibility index (Phi) is 5.94. The number of nitrogens with zero attached hydrogens (tertiary/aromatic N) is 3. The molecule has 1 N–H and O–H groups in total. The number of hydrogen-bond donors (Lipinski definition) is 1. The molecule has 1 aromatic heterocycles. The number of alkyl halides is 3. The Hall–Kier alpha value is -2.22. The van der Waals surface area contributed by atoms with E-state index in [2.05, 4.69) is 34.9 Å². The Morgan fingerprint density at radius 1 is 1.15 bits per heavy atom. The summed E-state index contributed by atoms with van der Waals surface area (Å²) in [6.07, 6.45) is -2.81. The second-order valence-corrected chi connectivity index (χ2v) is 7.12. The molecule has 1 aliphatic rings. The van der Waals surface area contributed by atoms with Gasteiger partial charge in [0.15, 0.2) is 5.82 Å². The molecule has 1 fully saturated rings. The van der Waals surface area contributed by atoms with Crippen molar-refractivity contribution in [1.29, 1.82) is 0 Å². The zero-order valence-electron chi connectivity index (χ0n) is 15.6. The molecule has 1 aliphatic heterocycles. The van der Waals surface area contributed by atoms with Crippen molar-refractivity contribution >= 4 is 5.82 Å². The smallest absolute Gasteiger partial charge is 0.406 e. The van der Waals surface area contributed by atoms with Gasteiger partial charge in [0.1, 0.15) is 5.75 Å². The molecule has 0 spiro atoms. The lowest BCUT2D eigenvalue weighted by atomic mass is 10.1. The van der Waals surface area contributed by atoms with E-state index in [9.17, 15) is 13.2 Å². The predicted molar refractivity (Wildman–Crippen MR) is 98.5 cm³/mol. The number of nitrogens with one attached hydrogen (secondary N) is 1. The first-order valence-corrected chi connectivity index (χ1v) is 9.22. The summed E-state index contributed by atoms with van der Waals surface area (Å²) in [7, 11) is 0. The number of hydrogen-bond acceptors (Lipinski definition) is 4. The third-order valence-corrected chi connectivity index (χ3v) is 4.50. The van der Waals surface area contributed by atoms with Crippen LogP contribution in [0.1, 0.15) is 26.0 Å². The Labute approximate surface area is 157 Å². The van der Waals surface area contributed by atoms with E-state index in [1.165, 1.54) is 12.1 Å². The van der Waals surface area contributed by atoms with Gasteiger partial charge in [0.2, 0.25) is 0 Å². The van der Waals surface area contributed by atoms with Crippen molar-refractivity contribution in [3.8, 4) is 11.4 Å². The Morgan fingerprint density at radius 2 is 1.81 bits per heavy atom. The maximum atomic E-state index is 12.4. The summed E-state index contributed by atoms with van der Waals surface area (Å²) in [5.74, 6) is 1.23. The monoisotopic (exact) mass is 382 g/mol. The van der Waals surface area contributed by atoms with Gasteiger partial charge in [0, 0.05) is 37.9 Å². The highest BCUT2D eigenvalue weighted by Crippen LogP contribution is 2.26. The van der Waals surface area contributed by atoms with Gasteiger partial charge < -0.3 is 15.0 Å². The topological polar surface area (TPSA) is 42.3 Å². The highest BCUT2D eigenvalue weighted by atomic mass is 19.4. The summed E-state index contributed by atoms with van der Waals surface area (Å²) in [6, 6.07) is 7.94. The van der Waals surface area contributed by atoms with E-state index in [4.69, 9.17) is 5.10 Å². The van der Waals surface area contributed by atoms with Crippen LogP contribution in [-0.4, -0.2) is 42.3 Å². The summed E-state index contributed by atoms with van der Waals surface area (Å²) in [5.41, 5.74) is 1.78. The van der Waals surface area contributed by atoms with Gasteiger partial charge in [-0.05, 0) is 43.0 Å². The summed E-state index contributed by atoms with van der Waals surface area (Å²) in [4.78, 5) is 2.23. The minimum atomic E-state index is -4.69. The molecule has 0 saturated carbocycles. The number of piperazine rings is 1. The quantitative estimate of drug-likeness (QED) is 0.826. The molecule has 27 heavy (non-hydrogen) atoms. The lowest BCUT2D eigenvalue weighted by Crippen LogP contribution is -2.43. The molecule has 0 atom stereocenters. The van der Waals surface area contributed by atoms with Crippen LogP contribution in [0.25, 0.3) is 5.69 Å². The number of halogens is 3. The van der Waals surface area contributed by atoms with Crippen molar-refractivity contribution in [2.24, 2.45) is 5.92 Å². The van der Waals surface area contributed by atoms with Crippen LogP contribution in [0.15, 0.2) is 30.3 Å². The fourth-order valence-corrected chi connectivity index (χ4v) is 3.08. The number of aromatic nitrogens is 2. The molecule has 3 rings (SSSR count). The number of ether oxygens (including phenoxy) is 1. The van der Waals surface area contributed by atoms with Gasteiger partial charge in [-0.2, -0.15) is 5.10 Å². The molecule has 2 heterocycles. The van der Waals surface area contributed by atoms with Crippen molar-refractivity contribution in [1.82, 2.24) is 15.1 Å². The summed E-state index contributed by atoms with van der Waals surface area (Å²) >= 11 is 0. The van der Waals surface area contributed by atoms with Crippen LogP contribution >= 0.6 is 0 Å². The first-order valence-electron chi connectivity index (χ1n) is 9.22. The van der Waals surface area contributed by atoms with Gasteiger partial charge in [-0.1, -0.05) is 13.8 Å². The van der Waals surface area contributed by atoms with Crippen LogP contribution in [0.4, 0.5) is 19.0 Å². The SMILES string of the molecule is CC(C)CCc1cc(N2CCNCC2)nn1-c1ccc(OC(F)(F)F)cc1. The highest BCUT2D eigenvalue weighted by Gasteiger charge is 2.31. The van der Waals surface area contributed by atoms with Crippen molar-refractivity contribution < 1.29 is 17.9 Å². The van der Waals surface area contributed by atoms with Gasteiger partial charge in [-0.15, -0.1) is 13.2 Å². The van der Waals surface area contributed by atoms with Gasteiger partial charge >= 0.3 is 6.36 Å². The van der Waals surface area contributed by atoms with Crippen molar-refractivity contribution in [2.45, 2.75) is 33.1 Å². The van der Waals surface area contributed by atoms with E-state index in [1.54, 1.807) is 12.1 Å². The maximum absolute atomic E-state index is 12.4. The standard InChI is InChI=1S/C19H25F3N4O/c1-14(2)3-4-16-13-18(25-11-9-23-10-12-25)24-26(16)15-5-7-17(8-6-15)27-19(20,21)22/h5-8,13-14,23H,3-4,9-12H2,1-2H3. The van der Waals surface area contributed by atoms with Crippen molar-refractivity contribution in [3.05, 3.63) is 36.0 Å². The molecule has 2 aromatic rings. The lowest BCUT2D eigenvalue weighted by Gasteiger charge is -2.27. The van der Waals surface area contributed by atoms with E-state index in [0.29, 0.717) is 5.92 Å². The molecule has 0 unspecified atom stereocenters. The van der Waals surface area contributed by atoms with Gasteiger partial charge in [0.25, 0.3) is 0 Å². The minimum Gasteiger partial charge on any atom is -0.406 e. The Balaban J connectivity index is 1.86. The molecule has 1 aromatic carbocycles. The number of anilines is 1. The van der Waals surface area contributed by atoms with Crippen molar-refractivity contribution in [3.63, 3.8) is 0 Å². The second-order valence-electron chi connectivity index (χ2n) is 7.12. The predicted octanol–water partition coefficient (Wildman–Crippen LogP) is 3.77. The Morgan fingerprint density at radius 3 is 2.41 bits per heavy atom. The molecule has 0 bridgehead atoms. The van der Waals surface area contributed by atoms with E-state index in [-0.39, 0.29) is 5.75 Å². The molecule has 0 radical (unpaired) electrons. The van der Waals surface area contributed by atoms with E-state index in [1.807, 2.05) is 4.68 Å². The largest absolute Gasteiger partial charge is 0.573 e. The van der Waals surface area contributed by atoms with Crippen LogP contribution in [0.5, 0.6) is 5.75 Å². The lowest BCUT2D eigenvalue weighted by molar-refractivity contribution is -0.274. The fraction of sp³-hybridized carbons (Fsp3) is 0.526. The molecule has 8 heteroatoms. The number of aryl methyl sites for hydroxylation is 1. The average Bonchev–Trinajstić information content (AvgIpc) is 3.04. The van der Waals surface area contributed by atoms with Crippen LogP contribution in [0.2, 0.25) is 0 Å². The van der Waals surface area contributed by atoms with Crippen LogP contribution in [0, 0.1) is 5.92 Å². The molecule has 5 nitrogen and oxygen atoms in total. The summed E-state index contributed by atoms with van der Waals surface area (Å²) < 4.78 is 42.9. The second kappa shape index (κ2) is 8.21. The fourth-order valence-electron chi connectivity index (χ4n) is 3.08. The summed E-state index contributed by atoms with van der Waals surface area (Å²) in [5, 5.41) is 8.06. The zero-order valence-corrected chi connectivity index (χ0v) is 15.6. The molecular formula is C19H25F3N4O. The molecule has 0 amide bonds. The number of rotatable bonds is 6. The molecule has 0 aliphatic carbocycles. The first-order chi connectivity index (χ1) is 12.8. The summed E-state index contributed by atoms with van der Waals surface area (Å²) in [6.45, 7) is 7.94. The van der Waals surface area contributed by atoms with Gasteiger partial charge in [-0.3, -0.25) is 0 Å². The minimum absolute atomic E-state index is 0.232. The Bertz CT molecular complexity index is 734. The van der Waals surface area contributed by atoms with Crippen LogP contribution in [-0.2, 0) is 6.42 Å². The average molecular weight is 382 g/mol. The van der Waals surface area contributed by atoms with E-state index < -0.39 is 6.36 Å². The van der Waals surface area contributed by atoms with E-state index in [0.717, 1.165) is 56.2 Å². The van der Waals surface area contributed by atoms with Crippen LogP contribution < -0.4 is 15.0 Å². The van der Waals surface area contributed by atoms with E-state index >= 15 is 0 Å². The van der Waals surface area contributed by atoms with Gasteiger partial charge in [-0.25, -0.2) is 4.68 Å². The zero-order chi connectivity index (χ0) is 19.4. The maximum Gasteiger partial charge on any atom is 0.573 e. The third-order valence-electron chi connectivity index (χ3n) is 4.50. The van der Waals surface area contributed by atoms with Crippen LogP contribution in [0.3, 0.4) is 0 Å². The van der Waals surface area contributed by atoms with Crippen molar-refractivity contribution in [2.75, 3.05) is 31.1 Å². The molecular weight excluding hydrogens is 357 g/mol. The van der Waals surface area contributed by atoms with Gasteiger partial charge in [0.05, 0.1) is 5.69 Å².